The third kappa shape index (κ3) is 5.65. The minimum absolute atomic E-state index is 0.0296. The van der Waals surface area contributed by atoms with Crippen molar-refractivity contribution in [2.75, 3.05) is 33.8 Å². The Kier molecular flexibility index (Phi) is 7.86. The van der Waals surface area contributed by atoms with Gasteiger partial charge in [-0.1, -0.05) is 57.7 Å². The summed E-state index contributed by atoms with van der Waals surface area (Å²) in [5.74, 6) is -0.780. The summed E-state index contributed by atoms with van der Waals surface area (Å²) in [5, 5.41) is 11.3. The number of likely N-dealkylation sites (tertiary alicyclic amines) is 1. The van der Waals surface area contributed by atoms with Crippen LogP contribution in [0, 0.1) is 6.92 Å². The largest absolute Gasteiger partial charge is 0.507 e. The molecule has 1 aliphatic heterocycles. The highest BCUT2D eigenvalue weighted by Crippen LogP contribution is 2.40. The topological polar surface area (TPSA) is 70.1 Å². The van der Waals surface area contributed by atoms with Crippen LogP contribution in [-0.4, -0.2) is 60.4 Å². The van der Waals surface area contributed by atoms with Gasteiger partial charge in [0, 0.05) is 18.7 Å². The maximum atomic E-state index is 13.2. The highest BCUT2D eigenvalue weighted by atomic mass is 16.5. The van der Waals surface area contributed by atoms with Crippen LogP contribution in [0.3, 0.4) is 0 Å². The van der Waals surface area contributed by atoms with E-state index in [4.69, 9.17) is 4.74 Å². The number of Topliss-reactive ketones (excluding diaryl/α,β-unsaturated/α-hetero) is 1. The normalized spacial score (nSPS) is 17.8. The first kappa shape index (κ1) is 26.2. The molecule has 2 aromatic carbocycles. The van der Waals surface area contributed by atoms with E-state index in [0.717, 1.165) is 16.7 Å². The van der Waals surface area contributed by atoms with Gasteiger partial charge in [0.05, 0.1) is 11.6 Å². The van der Waals surface area contributed by atoms with E-state index in [2.05, 4.69) is 27.4 Å². The minimum atomic E-state index is -0.671. The number of aryl methyl sites for hydroxylation is 1. The second-order valence-electron chi connectivity index (χ2n) is 10.2. The van der Waals surface area contributed by atoms with E-state index < -0.39 is 17.7 Å². The maximum Gasteiger partial charge on any atom is 0.295 e. The Morgan fingerprint density at radius 2 is 1.80 bits per heavy atom. The number of likely N-dealkylation sites (N-methyl/N-ethyl adjacent to an activating group) is 1. The average Bonchev–Trinajstić information content (AvgIpc) is 3.05. The van der Waals surface area contributed by atoms with Crippen LogP contribution >= 0.6 is 0 Å². The third-order valence-corrected chi connectivity index (χ3v) is 6.23. The molecule has 2 aromatic rings. The minimum Gasteiger partial charge on any atom is -0.507 e. The summed E-state index contributed by atoms with van der Waals surface area (Å²) in [6.07, 6.45) is 1.66. The molecule has 0 aliphatic carbocycles. The summed E-state index contributed by atoms with van der Waals surface area (Å²) >= 11 is 0. The Morgan fingerprint density at radius 1 is 1.14 bits per heavy atom. The van der Waals surface area contributed by atoms with Gasteiger partial charge in [0.25, 0.3) is 11.7 Å². The number of hydrogen-bond acceptors (Lipinski definition) is 5. The zero-order chi connectivity index (χ0) is 25.9. The van der Waals surface area contributed by atoms with E-state index in [9.17, 15) is 14.7 Å². The van der Waals surface area contributed by atoms with Crippen LogP contribution < -0.4 is 4.74 Å². The molecule has 0 aromatic heterocycles. The highest BCUT2D eigenvalue weighted by Gasteiger charge is 2.46. The van der Waals surface area contributed by atoms with E-state index in [1.54, 1.807) is 29.2 Å². The number of aliphatic hydroxyl groups is 1. The fraction of sp³-hybridized carbons (Fsp3) is 0.379. The molecule has 1 saturated heterocycles. The Hall–Kier alpha value is -3.38. The molecular formula is C29H36N2O4. The second kappa shape index (κ2) is 10.5. The quantitative estimate of drug-likeness (QED) is 0.256. The molecule has 3 rings (SSSR count). The van der Waals surface area contributed by atoms with Gasteiger partial charge in [-0.15, -0.1) is 0 Å². The number of aliphatic hydroxyl groups excluding tert-OH is 1. The van der Waals surface area contributed by atoms with Crippen molar-refractivity contribution >= 4 is 17.4 Å². The van der Waals surface area contributed by atoms with E-state index in [1.807, 2.05) is 50.2 Å². The standard InChI is InChI=1S/C29H36N2O4/c1-8-17-35-23-14-11-21(18-19(23)2)26(32)24-25(20-9-12-22(13-10-20)29(3,4)5)31(16-15-30(6)7)28(34)27(24)33/h8-14,18,25,32H,1,15-17H2,2-7H3/b26-24+. The molecule has 186 valence electrons. The molecule has 0 radical (unpaired) electrons. The number of benzene rings is 2. The van der Waals surface area contributed by atoms with Crippen LogP contribution in [-0.2, 0) is 15.0 Å². The van der Waals surface area contributed by atoms with Crippen molar-refractivity contribution in [2.24, 2.45) is 0 Å². The van der Waals surface area contributed by atoms with Crippen molar-refractivity contribution in [1.82, 2.24) is 9.80 Å². The van der Waals surface area contributed by atoms with E-state index in [1.165, 1.54) is 0 Å². The Labute approximate surface area is 208 Å². The van der Waals surface area contributed by atoms with E-state index in [0.29, 0.717) is 31.0 Å². The van der Waals surface area contributed by atoms with E-state index >= 15 is 0 Å². The Bertz CT molecular complexity index is 1140. The van der Waals surface area contributed by atoms with Gasteiger partial charge >= 0.3 is 0 Å². The third-order valence-electron chi connectivity index (χ3n) is 6.23. The van der Waals surface area contributed by atoms with Crippen LogP contribution in [0.5, 0.6) is 5.75 Å². The number of carbonyl (C=O) groups excluding carboxylic acids is 2. The molecule has 1 amide bonds. The van der Waals surface area contributed by atoms with Gasteiger partial charge in [-0.3, -0.25) is 9.59 Å². The van der Waals surface area contributed by atoms with Crippen molar-refractivity contribution in [1.29, 1.82) is 0 Å². The smallest absolute Gasteiger partial charge is 0.295 e. The number of ketones is 1. The van der Waals surface area contributed by atoms with Crippen molar-refractivity contribution < 1.29 is 19.4 Å². The second-order valence-corrected chi connectivity index (χ2v) is 10.2. The molecule has 0 spiro atoms. The lowest BCUT2D eigenvalue weighted by molar-refractivity contribution is -0.140. The van der Waals surface area contributed by atoms with Crippen molar-refractivity contribution in [2.45, 2.75) is 39.2 Å². The lowest BCUT2D eigenvalue weighted by Gasteiger charge is -2.27. The van der Waals surface area contributed by atoms with E-state index in [-0.39, 0.29) is 16.7 Å². The van der Waals surface area contributed by atoms with Crippen molar-refractivity contribution in [3.8, 4) is 5.75 Å². The molecule has 0 bridgehead atoms. The zero-order valence-electron chi connectivity index (χ0n) is 21.6. The number of amides is 1. The summed E-state index contributed by atoms with van der Waals surface area (Å²) in [6, 6.07) is 12.5. The van der Waals surface area contributed by atoms with Crippen LogP contribution in [0.2, 0.25) is 0 Å². The number of rotatable bonds is 8. The summed E-state index contributed by atoms with van der Waals surface area (Å²) < 4.78 is 5.64. The van der Waals surface area contributed by atoms with Crippen LogP contribution in [0.25, 0.3) is 5.76 Å². The monoisotopic (exact) mass is 476 g/mol. The number of ether oxygens (including phenoxy) is 1. The van der Waals surface area contributed by atoms with Crippen LogP contribution in [0.4, 0.5) is 0 Å². The first-order valence-electron chi connectivity index (χ1n) is 11.8. The Morgan fingerprint density at radius 3 is 2.34 bits per heavy atom. The predicted octanol–water partition coefficient (Wildman–Crippen LogP) is 4.84. The predicted molar refractivity (Wildman–Crippen MR) is 140 cm³/mol. The van der Waals surface area contributed by atoms with Gasteiger partial charge in [-0.25, -0.2) is 0 Å². The molecule has 6 heteroatoms. The zero-order valence-corrected chi connectivity index (χ0v) is 21.6. The molecule has 1 unspecified atom stereocenters. The number of carbonyl (C=O) groups is 2. The van der Waals surface area contributed by atoms with Gasteiger partial charge in [-0.2, -0.15) is 0 Å². The van der Waals surface area contributed by atoms with Gasteiger partial charge in [0.1, 0.15) is 18.1 Å². The van der Waals surface area contributed by atoms with Crippen LogP contribution in [0.15, 0.2) is 60.7 Å². The van der Waals surface area contributed by atoms with Gasteiger partial charge in [-0.05, 0) is 61.3 Å². The fourth-order valence-corrected chi connectivity index (χ4v) is 4.19. The summed E-state index contributed by atoms with van der Waals surface area (Å²) in [7, 11) is 3.84. The fourth-order valence-electron chi connectivity index (χ4n) is 4.19. The molecule has 1 N–H and O–H groups in total. The molecule has 1 heterocycles. The average molecular weight is 477 g/mol. The molecule has 35 heavy (non-hydrogen) atoms. The molecule has 6 nitrogen and oxygen atoms in total. The number of nitrogens with zero attached hydrogens (tertiary/aromatic N) is 2. The molecule has 1 atom stereocenters. The van der Waals surface area contributed by atoms with Crippen molar-refractivity contribution in [3.05, 3.63) is 82.9 Å². The SMILES string of the molecule is C=CCOc1ccc(/C(O)=C2\C(=O)C(=O)N(CCN(C)C)C2c2ccc(C(C)(C)C)cc2)cc1C. The van der Waals surface area contributed by atoms with Gasteiger partial charge < -0.3 is 19.6 Å². The van der Waals surface area contributed by atoms with Crippen molar-refractivity contribution in [3.63, 3.8) is 0 Å². The highest BCUT2D eigenvalue weighted by molar-refractivity contribution is 6.46. The lowest BCUT2D eigenvalue weighted by atomic mass is 9.85. The summed E-state index contributed by atoms with van der Waals surface area (Å²) in [5.41, 5.74) is 3.30. The molecular weight excluding hydrogens is 440 g/mol. The molecule has 0 saturated carbocycles. The van der Waals surface area contributed by atoms with Gasteiger partial charge in [0.15, 0.2) is 0 Å². The molecule has 1 fully saturated rings. The molecule has 1 aliphatic rings. The summed E-state index contributed by atoms with van der Waals surface area (Å²) in [6.45, 7) is 13.3. The first-order chi connectivity index (χ1) is 16.5. The first-order valence-corrected chi connectivity index (χ1v) is 11.8. The lowest BCUT2D eigenvalue weighted by Crippen LogP contribution is -2.35. The van der Waals surface area contributed by atoms with Gasteiger partial charge in [0.2, 0.25) is 0 Å². The Balaban J connectivity index is 2.11. The number of hydrogen-bond donors (Lipinski definition) is 1. The van der Waals surface area contributed by atoms with Crippen LogP contribution in [0.1, 0.15) is 49.1 Å². The summed E-state index contributed by atoms with van der Waals surface area (Å²) in [4.78, 5) is 29.8. The maximum absolute atomic E-state index is 13.2.